The molecular weight excluding hydrogens is 290 g/mol. The fraction of sp³-hybridized carbons (Fsp3) is 0.500. The number of sulfone groups is 1. The number of nitrogens with zero attached hydrogens (tertiary/aromatic N) is 1. The highest BCUT2D eigenvalue weighted by molar-refractivity contribution is 7.91. The first-order valence-electron chi connectivity index (χ1n) is 6.94. The van der Waals surface area contributed by atoms with Gasteiger partial charge in [-0.15, -0.1) is 0 Å². The monoisotopic (exact) mass is 311 g/mol. The Balaban J connectivity index is 1.81. The van der Waals surface area contributed by atoms with Crippen LogP contribution in [0.15, 0.2) is 18.2 Å². The van der Waals surface area contributed by atoms with Crippen molar-refractivity contribution in [3.8, 4) is 0 Å². The van der Waals surface area contributed by atoms with Crippen molar-refractivity contribution in [3.05, 3.63) is 29.3 Å². The van der Waals surface area contributed by atoms with Gasteiger partial charge < -0.3 is 11.1 Å². The summed E-state index contributed by atoms with van der Waals surface area (Å²) in [4.78, 5) is 14.1. The lowest BCUT2D eigenvalue weighted by atomic mass is 10.1. The van der Waals surface area contributed by atoms with Gasteiger partial charge in [-0.2, -0.15) is 0 Å². The molecule has 0 unspecified atom stereocenters. The standard InChI is InChI=1S/C14H21N3O3S/c1-11-2-3-12(15)10-13(11)14(18)16-4-5-17-6-8-21(19,20)9-7-17/h2-3,10H,4-9,15H2,1H3,(H,16,18). The maximum absolute atomic E-state index is 12.1. The van der Waals surface area contributed by atoms with Crippen LogP contribution in [0.4, 0.5) is 5.69 Å². The Labute approximate surface area is 125 Å². The van der Waals surface area contributed by atoms with E-state index in [2.05, 4.69) is 5.32 Å². The van der Waals surface area contributed by atoms with E-state index in [9.17, 15) is 13.2 Å². The second kappa shape index (κ2) is 6.44. The molecule has 1 aromatic carbocycles. The first kappa shape index (κ1) is 15.8. The van der Waals surface area contributed by atoms with Crippen LogP contribution < -0.4 is 11.1 Å². The maximum Gasteiger partial charge on any atom is 0.251 e. The molecule has 2 rings (SSSR count). The number of nitrogens with one attached hydrogen (secondary N) is 1. The van der Waals surface area contributed by atoms with Gasteiger partial charge in [0.15, 0.2) is 9.84 Å². The lowest BCUT2D eigenvalue weighted by molar-refractivity contribution is 0.0948. The van der Waals surface area contributed by atoms with E-state index in [0.717, 1.165) is 5.56 Å². The van der Waals surface area contributed by atoms with Gasteiger partial charge in [-0.3, -0.25) is 9.69 Å². The molecule has 1 aliphatic heterocycles. The van der Waals surface area contributed by atoms with Crippen LogP contribution in [-0.2, 0) is 9.84 Å². The second-order valence-corrected chi connectivity index (χ2v) is 7.63. The third kappa shape index (κ3) is 4.44. The number of hydrogen-bond donors (Lipinski definition) is 2. The molecule has 1 amide bonds. The van der Waals surface area contributed by atoms with E-state index in [-0.39, 0.29) is 17.4 Å². The van der Waals surface area contributed by atoms with Gasteiger partial charge in [-0.1, -0.05) is 6.07 Å². The number of carbonyl (C=O) groups is 1. The van der Waals surface area contributed by atoms with Gasteiger partial charge in [0.05, 0.1) is 11.5 Å². The van der Waals surface area contributed by atoms with E-state index < -0.39 is 9.84 Å². The summed E-state index contributed by atoms with van der Waals surface area (Å²) in [5.41, 5.74) is 7.71. The third-order valence-corrected chi connectivity index (χ3v) is 5.27. The molecule has 0 radical (unpaired) electrons. The predicted molar refractivity (Wildman–Crippen MR) is 83.0 cm³/mol. The molecule has 0 aromatic heterocycles. The average molecular weight is 311 g/mol. The molecule has 1 heterocycles. The second-order valence-electron chi connectivity index (χ2n) is 5.32. The Hall–Kier alpha value is -1.60. The van der Waals surface area contributed by atoms with Gasteiger partial charge >= 0.3 is 0 Å². The van der Waals surface area contributed by atoms with Crippen LogP contribution in [-0.4, -0.2) is 56.9 Å². The molecule has 1 aromatic rings. The number of rotatable bonds is 4. The maximum atomic E-state index is 12.1. The number of carbonyl (C=O) groups excluding carboxylic acids is 1. The number of aryl methyl sites for hydroxylation is 1. The molecule has 1 fully saturated rings. The number of hydrogen-bond acceptors (Lipinski definition) is 5. The SMILES string of the molecule is Cc1ccc(N)cc1C(=O)NCCN1CCS(=O)(=O)CC1. The summed E-state index contributed by atoms with van der Waals surface area (Å²) >= 11 is 0. The topological polar surface area (TPSA) is 92.5 Å². The Morgan fingerprint density at radius 3 is 2.67 bits per heavy atom. The van der Waals surface area contributed by atoms with Gasteiger partial charge in [0.25, 0.3) is 5.91 Å². The number of nitrogen functional groups attached to an aromatic ring is 1. The van der Waals surface area contributed by atoms with E-state index in [1.807, 2.05) is 17.9 Å². The van der Waals surface area contributed by atoms with Crippen LogP contribution in [0, 0.1) is 6.92 Å². The molecule has 0 spiro atoms. The Bertz CT molecular complexity index is 614. The van der Waals surface area contributed by atoms with Gasteiger partial charge in [-0.25, -0.2) is 8.42 Å². The Morgan fingerprint density at radius 2 is 2.00 bits per heavy atom. The molecular formula is C14H21N3O3S. The molecule has 0 atom stereocenters. The van der Waals surface area contributed by atoms with Crippen LogP contribution in [0.25, 0.3) is 0 Å². The summed E-state index contributed by atoms with van der Waals surface area (Å²) in [6.07, 6.45) is 0. The van der Waals surface area contributed by atoms with Gasteiger partial charge in [0.1, 0.15) is 0 Å². The molecule has 116 valence electrons. The zero-order valence-corrected chi connectivity index (χ0v) is 12.9. The largest absolute Gasteiger partial charge is 0.399 e. The van der Waals surface area contributed by atoms with Crippen LogP contribution >= 0.6 is 0 Å². The first-order chi connectivity index (χ1) is 9.87. The highest BCUT2D eigenvalue weighted by Gasteiger charge is 2.21. The molecule has 1 saturated heterocycles. The van der Waals surface area contributed by atoms with Crippen molar-refractivity contribution in [2.75, 3.05) is 43.4 Å². The van der Waals surface area contributed by atoms with Crippen molar-refractivity contribution in [1.29, 1.82) is 0 Å². The normalized spacial score (nSPS) is 18.3. The zero-order chi connectivity index (χ0) is 15.5. The highest BCUT2D eigenvalue weighted by atomic mass is 32.2. The van der Waals surface area contributed by atoms with E-state index in [1.165, 1.54) is 0 Å². The quantitative estimate of drug-likeness (QED) is 0.766. The van der Waals surface area contributed by atoms with Crippen LogP contribution in [0.5, 0.6) is 0 Å². The Kier molecular flexibility index (Phi) is 4.84. The minimum Gasteiger partial charge on any atom is -0.399 e. The van der Waals surface area contributed by atoms with E-state index in [0.29, 0.717) is 37.4 Å². The van der Waals surface area contributed by atoms with Crippen molar-refractivity contribution in [1.82, 2.24) is 10.2 Å². The predicted octanol–water partition coefficient (Wildman–Crippen LogP) is 0.0374. The molecule has 1 aliphatic rings. The van der Waals surface area contributed by atoms with Crippen molar-refractivity contribution in [2.24, 2.45) is 0 Å². The third-order valence-electron chi connectivity index (χ3n) is 3.66. The fourth-order valence-electron chi connectivity index (χ4n) is 2.28. The lowest BCUT2D eigenvalue weighted by Crippen LogP contribution is -2.43. The van der Waals surface area contributed by atoms with E-state index in [4.69, 9.17) is 5.73 Å². The fourth-order valence-corrected chi connectivity index (χ4v) is 3.56. The zero-order valence-electron chi connectivity index (χ0n) is 12.1. The van der Waals surface area contributed by atoms with Crippen molar-refractivity contribution >= 4 is 21.4 Å². The van der Waals surface area contributed by atoms with Crippen molar-refractivity contribution in [3.63, 3.8) is 0 Å². The average Bonchev–Trinajstić information content (AvgIpc) is 2.43. The minimum absolute atomic E-state index is 0.149. The van der Waals surface area contributed by atoms with Gasteiger partial charge in [0, 0.05) is 37.4 Å². The number of nitrogens with two attached hydrogens (primary N) is 1. The summed E-state index contributed by atoms with van der Waals surface area (Å²) in [5, 5.41) is 2.85. The Morgan fingerprint density at radius 1 is 1.33 bits per heavy atom. The molecule has 21 heavy (non-hydrogen) atoms. The highest BCUT2D eigenvalue weighted by Crippen LogP contribution is 2.12. The first-order valence-corrected chi connectivity index (χ1v) is 8.77. The minimum atomic E-state index is -2.85. The number of amides is 1. The summed E-state index contributed by atoms with van der Waals surface area (Å²) in [6, 6.07) is 5.25. The van der Waals surface area contributed by atoms with E-state index in [1.54, 1.807) is 12.1 Å². The molecule has 0 aliphatic carbocycles. The lowest BCUT2D eigenvalue weighted by Gasteiger charge is -2.26. The van der Waals surface area contributed by atoms with Gasteiger partial charge in [-0.05, 0) is 24.6 Å². The summed E-state index contributed by atoms with van der Waals surface area (Å²) in [5.74, 6) is 0.259. The molecule has 0 saturated carbocycles. The van der Waals surface area contributed by atoms with Crippen molar-refractivity contribution < 1.29 is 13.2 Å². The smallest absolute Gasteiger partial charge is 0.251 e. The summed E-state index contributed by atoms with van der Waals surface area (Å²) < 4.78 is 22.6. The van der Waals surface area contributed by atoms with Gasteiger partial charge in [0.2, 0.25) is 0 Å². The van der Waals surface area contributed by atoms with Crippen LogP contribution in [0.3, 0.4) is 0 Å². The molecule has 7 heteroatoms. The summed E-state index contributed by atoms with van der Waals surface area (Å²) in [6.45, 7) is 4.09. The van der Waals surface area contributed by atoms with Crippen molar-refractivity contribution in [2.45, 2.75) is 6.92 Å². The molecule has 0 bridgehead atoms. The molecule has 3 N–H and O–H groups in total. The molecule has 6 nitrogen and oxygen atoms in total. The van der Waals surface area contributed by atoms with E-state index >= 15 is 0 Å². The van der Waals surface area contributed by atoms with Crippen LogP contribution in [0.2, 0.25) is 0 Å². The number of benzene rings is 1. The van der Waals surface area contributed by atoms with Crippen LogP contribution in [0.1, 0.15) is 15.9 Å². The summed E-state index contributed by atoms with van der Waals surface area (Å²) in [7, 11) is -2.85. The number of anilines is 1.